The summed E-state index contributed by atoms with van der Waals surface area (Å²) in [7, 11) is 1.68. The number of benzene rings is 3. The quantitative estimate of drug-likeness (QED) is 0.217. The van der Waals surface area contributed by atoms with E-state index in [0.29, 0.717) is 11.5 Å². The number of hydrogen-bond donors (Lipinski definition) is 2. The molecule has 3 heterocycles. The highest BCUT2D eigenvalue weighted by Crippen LogP contribution is 2.37. The minimum atomic E-state index is 0.616. The van der Waals surface area contributed by atoms with Crippen molar-refractivity contribution < 1.29 is 4.74 Å². The monoisotopic (exact) mass is 535 g/mol. The van der Waals surface area contributed by atoms with Gasteiger partial charge in [-0.2, -0.15) is 5.10 Å². The number of aryl methyl sites for hydroxylation is 4. The van der Waals surface area contributed by atoms with Gasteiger partial charge in [0.05, 0.1) is 13.7 Å². The molecule has 6 rings (SSSR count). The van der Waals surface area contributed by atoms with Crippen LogP contribution in [0.1, 0.15) is 41.1 Å². The predicted molar refractivity (Wildman–Crippen MR) is 163 cm³/mol. The van der Waals surface area contributed by atoms with Gasteiger partial charge in [0.25, 0.3) is 0 Å². The normalized spacial score (nSPS) is 12.8. The molecule has 0 aliphatic carbocycles. The van der Waals surface area contributed by atoms with Crippen molar-refractivity contribution in [1.82, 2.24) is 14.2 Å². The molecule has 0 spiro atoms. The molecule has 0 fully saturated rings. The fourth-order valence-corrected chi connectivity index (χ4v) is 5.76. The second-order valence-electron chi connectivity index (χ2n) is 10.2. The summed E-state index contributed by atoms with van der Waals surface area (Å²) < 4.78 is 9.78. The number of ether oxygens (including phenoxy) is 1. The Balaban J connectivity index is 1.47. The van der Waals surface area contributed by atoms with E-state index in [0.717, 1.165) is 65.7 Å². The molecule has 0 unspecified atom stereocenters. The van der Waals surface area contributed by atoms with E-state index in [-0.39, 0.29) is 0 Å². The Bertz CT molecular complexity index is 1650. The largest absolute Gasteiger partial charge is 0.497 e. The van der Waals surface area contributed by atoms with Gasteiger partial charge < -0.3 is 19.9 Å². The zero-order valence-corrected chi connectivity index (χ0v) is 23.4. The van der Waals surface area contributed by atoms with Crippen LogP contribution in [0.4, 0.5) is 11.4 Å². The smallest absolute Gasteiger partial charge is 0.150 e. The van der Waals surface area contributed by atoms with Gasteiger partial charge in [-0.3, -0.25) is 0 Å². The summed E-state index contributed by atoms with van der Waals surface area (Å²) in [5, 5.41) is 12.3. The van der Waals surface area contributed by atoms with Gasteiger partial charge in [0.15, 0.2) is 5.82 Å². The van der Waals surface area contributed by atoms with Crippen molar-refractivity contribution in [1.29, 1.82) is 0 Å². The second-order valence-corrected chi connectivity index (χ2v) is 10.6. The number of nitrogens with zero attached hydrogens (tertiary/aromatic N) is 3. The lowest BCUT2D eigenvalue weighted by Gasteiger charge is -2.13. The fraction of sp³-hybridized carbons (Fsp3) is 0.250. The molecule has 1 aliphatic heterocycles. The molecule has 7 heteroatoms. The van der Waals surface area contributed by atoms with Crippen molar-refractivity contribution in [2.45, 2.75) is 46.2 Å². The molecule has 3 aromatic carbocycles. The molecule has 0 amide bonds. The van der Waals surface area contributed by atoms with Gasteiger partial charge in [0, 0.05) is 29.0 Å². The van der Waals surface area contributed by atoms with Crippen LogP contribution in [0.3, 0.4) is 0 Å². The first-order valence-corrected chi connectivity index (χ1v) is 13.9. The minimum absolute atomic E-state index is 0.616. The fourth-order valence-electron chi connectivity index (χ4n) is 5.46. The van der Waals surface area contributed by atoms with Crippen LogP contribution in [0.25, 0.3) is 16.8 Å². The van der Waals surface area contributed by atoms with Crippen molar-refractivity contribution in [3.8, 4) is 16.9 Å². The molecular formula is C32H33N5OS. The molecule has 5 aromatic rings. The van der Waals surface area contributed by atoms with Gasteiger partial charge in [0.1, 0.15) is 22.1 Å². The average molecular weight is 536 g/mol. The van der Waals surface area contributed by atoms with Gasteiger partial charge in [-0.15, -0.1) is 0 Å². The van der Waals surface area contributed by atoms with Crippen LogP contribution >= 0.6 is 12.2 Å². The van der Waals surface area contributed by atoms with Crippen LogP contribution in [0.2, 0.25) is 0 Å². The molecule has 0 atom stereocenters. The summed E-state index contributed by atoms with van der Waals surface area (Å²) >= 11 is 6.13. The van der Waals surface area contributed by atoms with Crippen molar-refractivity contribution in [2.75, 3.05) is 17.7 Å². The summed E-state index contributed by atoms with van der Waals surface area (Å²) in [6, 6.07) is 25.0. The highest BCUT2D eigenvalue weighted by Gasteiger charge is 2.29. The van der Waals surface area contributed by atoms with Crippen molar-refractivity contribution in [3.63, 3.8) is 0 Å². The van der Waals surface area contributed by atoms with E-state index >= 15 is 0 Å². The van der Waals surface area contributed by atoms with Crippen LogP contribution in [-0.2, 0) is 19.5 Å². The van der Waals surface area contributed by atoms with Gasteiger partial charge in [-0.1, -0.05) is 60.2 Å². The first-order chi connectivity index (χ1) is 19.0. The Labute approximate surface area is 234 Å². The van der Waals surface area contributed by atoms with Gasteiger partial charge in [-0.25, -0.2) is 4.52 Å². The SMILES string of the molecule is COc1ccc(NCc2nn3c(C(=S)Nc4ccccc4C)c(-c4ccc(C)cc4)c4c3n2CCCC4)cc1. The van der Waals surface area contributed by atoms with Crippen LogP contribution in [0.5, 0.6) is 5.75 Å². The first kappa shape index (κ1) is 25.2. The van der Waals surface area contributed by atoms with Crippen molar-refractivity contribution >= 4 is 34.2 Å². The van der Waals surface area contributed by atoms with E-state index in [1.165, 1.54) is 22.3 Å². The Kier molecular flexibility index (Phi) is 6.83. The summed E-state index contributed by atoms with van der Waals surface area (Å²) in [5.41, 5.74) is 10.2. The van der Waals surface area contributed by atoms with E-state index in [1.807, 2.05) is 36.4 Å². The Morgan fingerprint density at radius 1 is 0.974 bits per heavy atom. The van der Waals surface area contributed by atoms with E-state index in [2.05, 4.69) is 70.0 Å². The summed E-state index contributed by atoms with van der Waals surface area (Å²) in [5.74, 6) is 1.84. The highest BCUT2D eigenvalue weighted by molar-refractivity contribution is 7.81. The number of para-hydroxylation sites is 1. The zero-order chi connectivity index (χ0) is 26.9. The number of hydrogen-bond acceptors (Lipinski definition) is 4. The first-order valence-electron chi connectivity index (χ1n) is 13.5. The average Bonchev–Trinajstić information content (AvgIpc) is 3.35. The van der Waals surface area contributed by atoms with E-state index in [1.54, 1.807) is 7.11 Å². The van der Waals surface area contributed by atoms with Crippen LogP contribution in [-0.4, -0.2) is 26.3 Å². The van der Waals surface area contributed by atoms with Gasteiger partial charge in [-0.05, 0) is 74.6 Å². The molecule has 0 bridgehead atoms. The number of nitrogens with one attached hydrogen (secondary N) is 2. The van der Waals surface area contributed by atoms with Crippen LogP contribution in [0.15, 0.2) is 72.8 Å². The molecule has 39 heavy (non-hydrogen) atoms. The number of rotatable bonds is 7. The van der Waals surface area contributed by atoms with Gasteiger partial charge >= 0.3 is 0 Å². The molecule has 0 saturated carbocycles. The van der Waals surface area contributed by atoms with Crippen molar-refractivity contribution in [2.24, 2.45) is 0 Å². The third-order valence-electron chi connectivity index (χ3n) is 7.55. The van der Waals surface area contributed by atoms with E-state index in [9.17, 15) is 0 Å². The summed E-state index contributed by atoms with van der Waals surface area (Å²) in [4.78, 5) is 0.681. The summed E-state index contributed by atoms with van der Waals surface area (Å²) in [6.45, 7) is 5.77. The second kappa shape index (κ2) is 10.6. The standard InChI is InChI=1S/C32H33N5OS/c1-21-11-13-23(14-12-21)29-26-9-6-7-19-36-28(20-33-24-15-17-25(38-3)18-16-24)35-37(32(26)36)30(29)31(39)34-27-10-5-4-8-22(27)2/h4-5,8,10-18,33H,6-7,9,19-20H2,1-3H3,(H,34,39). The predicted octanol–water partition coefficient (Wildman–Crippen LogP) is 7.16. The van der Waals surface area contributed by atoms with Gasteiger partial charge in [0.2, 0.25) is 0 Å². The maximum atomic E-state index is 6.13. The Morgan fingerprint density at radius 2 is 1.74 bits per heavy atom. The topological polar surface area (TPSA) is 55.5 Å². The third-order valence-corrected chi connectivity index (χ3v) is 7.85. The molecule has 0 saturated heterocycles. The molecule has 2 N–H and O–H groups in total. The highest BCUT2D eigenvalue weighted by atomic mass is 32.1. The number of anilines is 2. The van der Waals surface area contributed by atoms with Crippen LogP contribution < -0.4 is 15.4 Å². The van der Waals surface area contributed by atoms with Crippen LogP contribution in [0, 0.1) is 13.8 Å². The molecule has 6 nitrogen and oxygen atoms in total. The van der Waals surface area contributed by atoms with E-state index < -0.39 is 0 Å². The molecular weight excluding hydrogens is 502 g/mol. The number of thiocarbonyl (C=S) groups is 1. The maximum absolute atomic E-state index is 6.13. The number of methoxy groups -OCH3 is 1. The lowest BCUT2D eigenvalue weighted by molar-refractivity contribution is 0.415. The lowest BCUT2D eigenvalue weighted by Crippen LogP contribution is -2.15. The lowest BCUT2D eigenvalue weighted by atomic mass is 9.97. The number of aromatic nitrogens is 3. The zero-order valence-electron chi connectivity index (χ0n) is 22.6. The molecule has 1 aliphatic rings. The van der Waals surface area contributed by atoms with E-state index in [4.69, 9.17) is 22.1 Å². The Hall–Kier alpha value is -4.10. The summed E-state index contributed by atoms with van der Waals surface area (Å²) in [6.07, 6.45) is 3.24. The molecule has 198 valence electrons. The maximum Gasteiger partial charge on any atom is 0.150 e. The van der Waals surface area contributed by atoms with Crippen molar-refractivity contribution in [3.05, 3.63) is 101 Å². The Morgan fingerprint density at radius 3 is 2.49 bits per heavy atom. The molecule has 2 aromatic heterocycles. The molecule has 0 radical (unpaired) electrons. The minimum Gasteiger partial charge on any atom is -0.497 e. The third kappa shape index (κ3) is 4.79.